The monoisotopic (exact) mass is 364 g/mol. The summed E-state index contributed by atoms with van der Waals surface area (Å²) in [7, 11) is 0. The van der Waals surface area contributed by atoms with E-state index in [2.05, 4.69) is 10.6 Å². The second-order valence-electron chi connectivity index (χ2n) is 6.50. The van der Waals surface area contributed by atoms with Crippen LogP contribution in [0.5, 0.6) is 0 Å². The van der Waals surface area contributed by atoms with Crippen LogP contribution < -0.4 is 10.6 Å². The van der Waals surface area contributed by atoms with Crippen molar-refractivity contribution in [1.29, 1.82) is 0 Å². The van der Waals surface area contributed by atoms with Gasteiger partial charge in [0.05, 0.1) is 6.10 Å². The molecule has 3 atom stereocenters. The average Bonchev–Trinajstić information content (AvgIpc) is 3.41. The first-order chi connectivity index (χ1) is 12.4. The van der Waals surface area contributed by atoms with Crippen molar-refractivity contribution in [3.8, 4) is 0 Å². The van der Waals surface area contributed by atoms with E-state index in [4.69, 9.17) is 4.74 Å². The molecule has 1 fully saturated rings. The van der Waals surface area contributed by atoms with Gasteiger partial charge in [0, 0.05) is 0 Å². The Kier molecular flexibility index (Phi) is 6.97. The molecule has 8 nitrogen and oxygen atoms in total. The second kappa shape index (κ2) is 9.19. The number of carboxylic acid groups (broad SMARTS) is 1. The van der Waals surface area contributed by atoms with E-state index >= 15 is 0 Å². The molecule has 0 aliphatic heterocycles. The Morgan fingerprint density at radius 1 is 1.19 bits per heavy atom. The Morgan fingerprint density at radius 2 is 1.85 bits per heavy atom. The third kappa shape index (κ3) is 6.36. The minimum absolute atomic E-state index is 0.0141. The van der Waals surface area contributed by atoms with Gasteiger partial charge in [-0.1, -0.05) is 43.2 Å². The Hall–Kier alpha value is -2.61. The molecule has 4 N–H and O–H groups in total. The molecule has 1 aliphatic rings. The molecule has 8 heteroatoms. The Balaban J connectivity index is 1.88. The van der Waals surface area contributed by atoms with Crippen molar-refractivity contribution < 1.29 is 29.3 Å². The van der Waals surface area contributed by atoms with Crippen LogP contribution >= 0.6 is 0 Å². The molecule has 0 heterocycles. The quantitative estimate of drug-likeness (QED) is 0.519. The van der Waals surface area contributed by atoms with Crippen LogP contribution in [-0.2, 0) is 20.9 Å². The molecule has 1 aliphatic carbocycles. The molecule has 0 aromatic heterocycles. The van der Waals surface area contributed by atoms with Crippen LogP contribution in [0, 0.1) is 5.92 Å². The third-order valence-electron chi connectivity index (χ3n) is 4.13. The van der Waals surface area contributed by atoms with Crippen molar-refractivity contribution in [2.45, 2.75) is 51.0 Å². The molecule has 1 aromatic rings. The van der Waals surface area contributed by atoms with Crippen LogP contribution in [0.15, 0.2) is 30.3 Å². The van der Waals surface area contributed by atoms with Crippen LogP contribution in [0.1, 0.15) is 31.7 Å². The summed E-state index contributed by atoms with van der Waals surface area (Å²) in [5.41, 5.74) is 0.774. The number of rotatable bonds is 9. The van der Waals surface area contributed by atoms with E-state index in [0.717, 1.165) is 18.4 Å². The number of carboxylic acids is 1. The maximum atomic E-state index is 12.3. The maximum absolute atomic E-state index is 12.3. The van der Waals surface area contributed by atoms with Crippen molar-refractivity contribution >= 4 is 18.0 Å². The SMILES string of the molecule is C[C@@H](O)[C@H](NC(=O)OCc1ccccc1)C(=O)N[C@@H](CC1CC1)C(=O)O. The van der Waals surface area contributed by atoms with Gasteiger partial charge in [0.2, 0.25) is 5.91 Å². The van der Waals surface area contributed by atoms with E-state index in [1.807, 2.05) is 6.07 Å². The molecular weight excluding hydrogens is 340 g/mol. The third-order valence-corrected chi connectivity index (χ3v) is 4.13. The van der Waals surface area contributed by atoms with Gasteiger partial charge in [-0.25, -0.2) is 9.59 Å². The lowest BCUT2D eigenvalue weighted by molar-refractivity contribution is -0.142. The van der Waals surface area contributed by atoms with Crippen molar-refractivity contribution in [3.05, 3.63) is 35.9 Å². The van der Waals surface area contributed by atoms with Crippen molar-refractivity contribution in [3.63, 3.8) is 0 Å². The number of aliphatic hydroxyl groups is 1. The summed E-state index contributed by atoms with van der Waals surface area (Å²) in [5, 5.41) is 23.7. The number of nitrogens with one attached hydrogen (secondary N) is 2. The highest BCUT2D eigenvalue weighted by Gasteiger charge is 2.33. The van der Waals surface area contributed by atoms with E-state index in [1.165, 1.54) is 6.92 Å². The number of amides is 2. The number of carbonyl (C=O) groups is 3. The fourth-order valence-electron chi connectivity index (χ4n) is 2.47. The fourth-order valence-corrected chi connectivity index (χ4v) is 2.47. The zero-order chi connectivity index (χ0) is 19.1. The molecular formula is C18H24N2O6. The van der Waals surface area contributed by atoms with Gasteiger partial charge < -0.3 is 25.6 Å². The summed E-state index contributed by atoms with van der Waals surface area (Å²) in [5.74, 6) is -1.60. The number of aliphatic hydroxyl groups excluding tert-OH is 1. The lowest BCUT2D eigenvalue weighted by Gasteiger charge is -2.23. The van der Waals surface area contributed by atoms with Gasteiger partial charge >= 0.3 is 12.1 Å². The highest BCUT2D eigenvalue weighted by Crippen LogP contribution is 2.33. The molecule has 0 bridgehead atoms. The smallest absolute Gasteiger partial charge is 0.408 e. The molecule has 142 valence electrons. The number of alkyl carbamates (subject to hydrolysis) is 1. The first kappa shape index (κ1) is 19.7. The van der Waals surface area contributed by atoms with Gasteiger partial charge in [-0.3, -0.25) is 4.79 Å². The number of carbonyl (C=O) groups excluding carboxylic acids is 2. The Morgan fingerprint density at radius 3 is 2.38 bits per heavy atom. The summed E-state index contributed by atoms with van der Waals surface area (Å²) in [6.07, 6.45) is 0.151. The van der Waals surface area contributed by atoms with Crippen LogP contribution in [0.4, 0.5) is 4.79 Å². The molecule has 0 spiro atoms. The van der Waals surface area contributed by atoms with Crippen LogP contribution in [0.3, 0.4) is 0 Å². The largest absolute Gasteiger partial charge is 0.480 e. The molecule has 26 heavy (non-hydrogen) atoms. The second-order valence-corrected chi connectivity index (χ2v) is 6.50. The predicted molar refractivity (Wildman–Crippen MR) is 92.1 cm³/mol. The van der Waals surface area contributed by atoms with Gasteiger partial charge in [0.25, 0.3) is 0 Å². The summed E-state index contributed by atoms with van der Waals surface area (Å²) >= 11 is 0. The van der Waals surface area contributed by atoms with Gasteiger partial charge in [0.15, 0.2) is 0 Å². The maximum Gasteiger partial charge on any atom is 0.408 e. The van der Waals surface area contributed by atoms with Gasteiger partial charge in [-0.2, -0.15) is 0 Å². The number of hydrogen-bond donors (Lipinski definition) is 4. The van der Waals surface area contributed by atoms with Gasteiger partial charge in [0.1, 0.15) is 18.7 Å². The van der Waals surface area contributed by atoms with E-state index < -0.39 is 36.2 Å². The van der Waals surface area contributed by atoms with Crippen LogP contribution in [0.25, 0.3) is 0 Å². The fraction of sp³-hybridized carbons (Fsp3) is 0.500. The topological polar surface area (TPSA) is 125 Å². The lowest BCUT2D eigenvalue weighted by Crippen LogP contribution is -2.55. The lowest BCUT2D eigenvalue weighted by atomic mass is 10.1. The van der Waals surface area contributed by atoms with Crippen molar-refractivity contribution in [1.82, 2.24) is 10.6 Å². The highest BCUT2D eigenvalue weighted by atomic mass is 16.5. The minimum atomic E-state index is -1.31. The zero-order valence-corrected chi connectivity index (χ0v) is 14.6. The summed E-state index contributed by atoms with van der Waals surface area (Å²) in [4.78, 5) is 35.5. The summed E-state index contributed by atoms with van der Waals surface area (Å²) < 4.78 is 5.03. The number of benzene rings is 1. The van der Waals surface area contributed by atoms with E-state index in [0.29, 0.717) is 12.3 Å². The molecule has 2 amide bonds. The van der Waals surface area contributed by atoms with Crippen LogP contribution in [-0.4, -0.2) is 46.4 Å². The van der Waals surface area contributed by atoms with E-state index in [9.17, 15) is 24.6 Å². The summed E-state index contributed by atoms with van der Waals surface area (Å²) in [6.45, 7) is 1.35. The first-order valence-corrected chi connectivity index (χ1v) is 8.55. The molecule has 0 saturated heterocycles. The summed E-state index contributed by atoms with van der Waals surface area (Å²) in [6, 6.07) is 6.64. The molecule has 0 radical (unpaired) electrons. The standard InChI is InChI=1S/C18H24N2O6/c1-11(21)15(16(22)19-14(17(23)24)9-12-7-8-12)20-18(25)26-10-13-5-3-2-4-6-13/h2-6,11-12,14-15,21H,7-10H2,1H3,(H,19,22)(H,20,25)(H,23,24)/t11-,14+,15+/m1/s1. The first-order valence-electron chi connectivity index (χ1n) is 8.55. The number of hydrogen-bond acceptors (Lipinski definition) is 5. The Labute approximate surface area is 151 Å². The molecule has 2 rings (SSSR count). The molecule has 1 aromatic carbocycles. The predicted octanol–water partition coefficient (Wildman–Crippen LogP) is 1.03. The average molecular weight is 364 g/mol. The minimum Gasteiger partial charge on any atom is -0.480 e. The van der Waals surface area contributed by atoms with Gasteiger partial charge in [-0.15, -0.1) is 0 Å². The van der Waals surface area contributed by atoms with Crippen molar-refractivity contribution in [2.24, 2.45) is 5.92 Å². The zero-order valence-electron chi connectivity index (χ0n) is 14.6. The van der Waals surface area contributed by atoms with Crippen LogP contribution in [0.2, 0.25) is 0 Å². The van der Waals surface area contributed by atoms with Crippen molar-refractivity contribution in [2.75, 3.05) is 0 Å². The highest BCUT2D eigenvalue weighted by molar-refractivity contribution is 5.89. The van der Waals surface area contributed by atoms with E-state index in [-0.39, 0.29) is 6.61 Å². The molecule has 1 saturated carbocycles. The number of aliphatic carboxylic acids is 1. The molecule has 0 unspecified atom stereocenters. The van der Waals surface area contributed by atoms with Gasteiger partial charge in [-0.05, 0) is 24.8 Å². The normalized spacial score (nSPS) is 16.8. The van der Waals surface area contributed by atoms with E-state index in [1.54, 1.807) is 24.3 Å². The number of ether oxygens (including phenoxy) is 1. The Bertz CT molecular complexity index is 630.